The van der Waals surface area contributed by atoms with Gasteiger partial charge in [0.25, 0.3) is 0 Å². The van der Waals surface area contributed by atoms with Gasteiger partial charge in [0.05, 0.1) is 13.1 Å². The summed E-state index contributed by atoms with van der Waals surface area (Å²) in [5.41, 5.74) is 5.37. The number of piperazine rings is 1. The fourth-order valence-corrected chi connectivity index (χ4v) is 3.67. The van der Waals surface area contributed by atoms with Gasteiger partial charge in [-0.3, -0.25) is 14.5 Å². The Hall–Kier alpha value is -2.22. The minimum atomic E-state index is -0.370. The average molecular weight is 346 g/mol. The summed E-state index contributed by atoms with van der Waals surface area (Å²) in [7, 11) is 0. The van der Waals surface area contributed by atoms with E-state index in [-0.39, 0.29) is 24.9 Å². The second-order valence-electron chi connectivity index (χ2n) is 6.73. The van der Waals surface area contributed by atoms with Crippen molar-refractivity contribution in [3.63, 3.8) is 0 Å². The number of hydrogen-bond donors (Lipinski definition) is 1. The Balaban J connectivity index is 1.53. The molecule has 0 spiro atoms. The highest BCUT2D eigenvalue weighted by atomic mass is 16.2. The number of nitrogens with two attached hydrogens (primary N) is 1. The second kappa shape index (κ2) is 8.24. The van der Waals surface area contributed by atoms with Crippen molar-refractivity contribution in [1.82, 2.24) is 19.8 Å². The van der Waals surface area contributed by atoms with Gasteiger partial charge in [0.1, 0.15) is 0 Å². The van der Waals surface area contributed by atoms with Gasteiger partial charge in [0.2, 0.25) is 17.8 Å². The molecule has 2 amide bonds. The zero-order chi connectivity index (χ0) is 17.6. The smallest absolute Gasteiger partial charge is 0.236 e. The van der Waals surface area contributed by atoms with Crippen LogP contribution >= 0.6 is 0 Å². The molecule has 1 aliphatic carbocycles. The van der Waals surface area contributed by atoms with Crippen LogP contribution < -0.4 is 10.6 Å². The molecule has 1 aromatic rings. The van der Waals surface area contributed by atoms with Gasteiger partial charge in [-0.1, -0.05) is 12.8 Å². The van der Waals surface area contributed by atoms with Gasteiger partial charge in [-0.05, 0) is 18.9 Å². The third kappa shape index (κ3) is 4.66. The first-order chi connectivity index (χ1) is 12.1. The van der Waals surface area contributed by atoms with Crippen LogP contribution in [0.1, 0.15) is 25.7 Å². The fourth-order valence-electron chi connectivity index (χ4n) is 3.67. The van der Waals surface area contributed by atoms with E-state index in [0.29, 0.717) is 25.1 Å². The molecule has 2 fully saturated rings. The van der Waals surface area contributed by atoms with Crippen molar-refractivity contribution < 1.29 is 9.59 Å². The zero-order valence-corrected chi connectivity index (χ0v) is 14.5. The van der Waals surface area contributed by atoms with Crippen LogP contribution in [-0.2, 0) is 9.59 Å². The standard InChI is InChI=1S/C17H26N6O2/c18-15(24)12-23(14-4-1-2-5-14)13-16(25)21-8-10-22(11-9-21)17-19-6-3-7-20-17/h3,6-7,14H,1-2,4-5,8-13H2,(H2,18,24). The maximum Gasteiger partial charge on any atom is 0.236 e. The molecule has 0 aromatic carbocycles. The van der Waals surface area contributed by atoms with Crippen molar-refractivity contribution in [2.24, 2.45) is 5.73 Å². The molecule has 1 saturated carbocycles. The van der Waals surface area contributed by atoms with Crippen molar-refractivity contribution in [2.75, 3.05) is 44.2 Å². The molecule has 0 bridgehead atoms. The highest BCUT2D eigenvalue weighted by Gasteiger charge is 2.28. The first-order valence-corrected chi connectivity index (χ1v) is 8.95. The van der Waals surface area contributed by atoms with E-state index in [1.807, 2.05) is 9.80 Å². The summed E-state index contributed by atoms with van der Waals surface area (Å²) in [6.07, 6.45) is 7.85. The van der Waals surface area contributed by atoms with E-state index in [1.165, 1.54) is 0 Å². The number of nitrogens with zero attached hydrogens (tertiary/aromatic N) is 5. The van der Waals surface area contributed by atoms with Gasteiger partial charge in [0.15, 0.2) is 0 Å². The number of anilines is 1. The summed E-state index contributed by atoms with van der Waals surface area (Å²) in [6, 6.07) is 2.09. The normalized spacial score (nSPS) is 18.8. The molecule has 3 rings (SSSR count). The van der Waals surface area contributed by atoms with Crippen LogP contribution in [0, 0.1) is 0 Å². The molecule has 136 valence electrons. The highest BCUT2D eigenvalue weighted by Crippen LogP contribution is 2.23. The number of aromatic nitrogens is 2. The van der Waals surface area contributed by atoms with E-state index in [1.54, 1.807) is 18.5 Å². The molecule has 1 aromatic heterocycles. The maximum absolute atomic E-state index is 12.7. The van der Waals surface area contributed by atoms with Crippen molar-refractivity contribution >= 4 is 17.8 Å². The monoisotopic (exact) mass is 346 g/mol. The van der Waals surface area contributed by atoms with Crippen LogP contribution in [0.25, 0.3) is 0 Å². The minimum absolute atomic E-state index is 0.0711. The SMILES string of the molecule is NC(=O)CN(CC(=O)N1CCN(c2ncccn2)CC1)C1CCCC1. The topological polar surface area (TPSA) is 95.7 Å². The Morgan fingerprint density at radius 2 is 1.72 bits per heavy atom. The number of primary amides is 1. The molecule has 2 heterocycles. The molecule has 1 saturated heterocycles. The quantitative estimate of drug-likeness (QED) is 0.770. The lowest BCUT2D eigenvalue weighted by molar-refractivity contribution is -0.134. The van der Waals surface area contributed by atoms with Crippen LogP contribution in [0.3, 0.4) is 0 Å². The Kier molecular flexibility index (Phi) is 5.80. The molecule has 0 atom stereocenters. The molecule has 2 N–H and O–H groups in total. The first kappa shape index (κ1) is 17.6. The van der Waals surface area contributed by atoms with E-state index in [0.717, 1.165) is 38.8 Å². The summed E-state index contributed by atoms with van der Waals surface area (Å²) in [6.45, 7) is 3.16. The number of amides is 2. The van der Waals surface area contributed by atoms with Crippen molar-refractivity contribution in [3.8, 4) is 0 Å². The van der Waals surface area contributed by atoms with Gasteiger partial charge >= 0.3 is 0 Å². The Bertz CT molecular complexity index is 582. The van der Waals surface area contributed by atoms with Crippen molar-refractivity contribution in [3.05, 3.63) is 18.5 Å². The molecule has 1 aliphatic heterocycles. The molecular weight excluding hydrogens is 320 g/mol. The summed E-state index contributed by atoms with van der Waals surface area (Å²) in [4.78, 5) is 38.5. The number of hydrogen-bond acceptors (Lipinski definition) is 6. The summed E-state index contributed by atoms with van der Waals surface area (Å²) >= 11 is 0. The van der Waals surface area contributed by atoms with E-state index in [9.17, 15) is 9.59 Å². The number of carbonyl (C=O) groups excluding carboxylic acids is 2. The predicted molar refractivity (Wildman–Crippen MR) is 93.8 cm³/mol. The average Bonchev–Trinajstić information content (AvgIpc) is 3.16. The lowest BCUT2D eigenvalue weighted by Crippen LogP contribution is -2.53. The first-order valence-electron chi connectivity index (χ1n) is 8.95. The molecule has 0 unspecified atom stereocenters. The minimum Gasteiger partial charge on any atom is -0.369 e. The molecule has 8 heteroatoms. The van der Waals surface area contributed by atoms with Crippen LogP contribution in [0.15, 0.2) is 18.5 Å². The van der Waals surface area contributed by atoms with Crippen LogP contribution in [0.5, 0.6) is 0 Å². The van der Waals surface area contributed by atoms with Crippen LogP contribution in [0.4, 0.5) is 5.95 Å². The van der Waals surface area contributed by atoms with Gasteiger partial charge in [-0.25, -0.2) is 9.97 Å². The summed E-state index contributed by atoms with van der Waals surface area (Å²) < 4.78 is 0. The van der Waals surface area contributed by atoms with E-state index >= 15 is 0 Å². The molecular formula is C17H26N6O2. The van der Waals surface area contributed by atoms with Crippen molar-refractivity contribution in [2.45, 2.75) is 31.7 Å². The third-order valence-electron chi connectivity index (χ3n) is 5.01. The molecule has 25 heavy (non-hydrogen) atoms. The third-order valence-corrected chi connectivity index (χ3v) is 5.01. The summed E-state index contributed by atoms with van der Waals surface area (Å²) in [5, 5.41) is 0. The zero-order valence-electron chi connectivity index (χ0n) is 14.5. The largest absolute Gasteiger partial charge is 0.369 e. The molecule has 2 aliphatic rings. The van der Waals surface area contributed by atoms with Gasteiger partial charge in [-0.2, -0.15) is 0 Å². The maximum atomic E-state index is 12.7. The fraction of sp³-hybridized carbons (Fsp3) is 0.647. The van der Waals surface area contributed by atoms with Gasteiger partial charge < -0.3 is 15.5 Å². The lowest BCUT2D eigenvalue weighted by atomic mass is 10.2. The predicted octanol–water partition coefficient (Wildman–Crippen LogP) is -0.145. The second-order valence-corrected chi connectivity index (χ2v) is 6.73. The van der Waals surface area contributed by atoms with E-state index in [2.05, 4.69) is 14.9 Å². The van der Waals surface area contributed by atoms with Crippen LogP contribution in [-0.4, -0.2) is 76.9 Å². The Morgan fingerprint density at radius 1 is 1.08 bits per heavy atom. The molecule has 0 radical (unpaired) electrons. The Labute approximate surface area is 148 Å². The van der Waals surface area contributed by atoms with E-state index < -0.39 is 0 Å². The van der Waals surface area contributed by atoms with Crippen molar-refractivity contribution in [1.29, 1.82) is 0 Å². The number of carbonyl (C=O) groups is 2. The summed E-state index contributed by atoms with van der Waals surface area (Å²) in [5.74, 6) is 0.406. The van der Waals surface area contributed by atoms with E-state index in [4.69, 9.17) is 5.73 Å². The molecule has 8 nitrogen and oxygen atoms in total. The van der Waals surface area contributed by atoms with Gasteiger partial charge in [-0.15, -0.1) is 0 Å². The van der Waals surface area contributed by atoms with Crippen LogP contribution in [0.2, 0.25) is 0 Å². The number of rotatable bonds is 6. The highest BCUT2D eigenvalue weighted by molar-refractivity contribution is 5.80. The Morgan fingerprint density at radius 3 is 2.32 bits per heavy atom. The lowest BCUT2D eigenvalue weighted by Gasteiger charge is -2.36. The van der Waals surface area contributed by atoms with Gasteiger partial charge in [0, 0.05) is 44.6 Å².